The van der Waals surface area contributed by atoms with Crippen LogP contribution >= 0.6 is 0 Å². The van der Waals surface area contributed by atoms with E-state index >= 15 is 4.39 Å². The van der Waals surface area contributed by atoms with E-state index in [1.165, 1.54) is 29.7 Å². The highest BCUT2D eigenvalue weighted by Crippen LogP contribution is 2.68. The number of hydrogen-bond donors (Lipinski definition) is 2. The van der Waals surface area contributed by atoms with Gasteiger partial charge in [0.05, 0.1) is 35.6 Å². The number of halogens is 1. The van der Waals surface area contributed by atoms with Crippen LogP contribution in [-0.4, -0.2) is 112 Å². The molecule has 13 rings (SSSR count). The van der Waals surface area contributed by atoms with Gasteiger partial charge in [-0.25, -0.2) is 14.2 Å². The van der Waals surface area contributed by atoms with Crippen LogP contribution in [0.15, 0.2) is 64.0 Å². The highest BCUT2D eigenvalue weighted by molar-refractivity contribution is 5.94. The van der Waals surface area contributed by atoms with Crippen LogP contribution in [0.2, 0.25) is 0 Å². The first-order valence-corrected chi connectivity index (χ1v) is 30.8. The monoisotopic (exact) mass is 1130 g/mol. The Balaban J connectivity index is 0.624. The molecule has 6 heterocycles. The normalized spacial score (nSPS) is 28.6. The van der Waals surface area contributed by atoms with Gasteiger partial charge in [0.25, 0.3) is 5.56 Å². The van der Waals surface area contributed by atoms with Crippen LogP contribution in [0.5, 0.6) is 0 Å². The average molecular weight is 1130 g/mol. The van der Waals surface area contributed by atoms with Gasteiger partial charge in [-0.15, -0.1) is 0 Å². The van der Waals surface area contributed by atoms with Gasteiger partial charge in [0.15, 0.2) is 22.8 Å². The standard InChI is InChI=1S/C67H79FN6O9/c1-7-66(81)53-29-57-62-50(34-74(57)63(79)51(53)36-82-64(66)80)61-55(17-16-46-37(2)54(68)30-56(70-62)60(46)61)69-32-40-19-24-72(25-20-40)33-41-21-26-73(27-22-41)58(78)35-71(6)44-11-8-42(9-12-44)49-31-65(5)52(18-23-67(65,38(3)75)83-39(4)76)48-14-10-43-28-45(77)13-15-47(43)59(48)49/h8-9,11-12,28-30,40-41,48-49,52,55,69,81H,7,10,13-27,31-36H2,1-6H3/t48-,49+,52-,55-,65-,66-,67-/m0/s1. The zero-order valence-corrected chi connectivity index (χ0v) is 49.1. The van der Waals surface area contributed by atoms with Gasteiger partial charge >= 0.3 is 11.9 Å². The fourth-order valence-electron chi connectivity index (χ4n) is 17.5. The number of anilines is 1. The predicted molar refractivity (Wildman–Crippen MR) is 312 cm³/mol. The second-order valence-electron chi connectivity index (χ2n) is 26.3. The zero-order chi connectivity index (χ0) is 58.0. The molecule has 7 atom stereocenters. The molecule has 2 saturated heterocycles. The molecule has 2 aromatic heterocycles. The number of esters is 2. The van der Waals surface area contributed by atoms with Crippen LogP contribution in [0.1, 0.15) is 162 Å². The van der Waals surface area contributed by atoms with Crippen molar-refractivity contribution in [3.05, 3.63) is 114 Å². The number of piperidine rings is 2. The molecule has 2 aromatic carbocycles. The Hall–Kier alpha value is -6.36. The van der Waals surface area contributed by atoms with E-state index in [-0.39, 0.29) is 83.3 Å². The van der Waals surface area contributed by atoms with Crippen molar-refractivity contribution < 1.29 is 42.9 Å². The first-order valence-electron chi connectivity index (χ1n) is 30.8. The molecular weight excluding hydrogens is 1050 g/mol. The van der Waals surface area contributed by atoms with Crippen molar-refractivity contribution in [2.45, 2.75) is 161 Å². The fourth-order valence-corrected chi connectivity index (χ4v) is 17.5. The number of rotatable bonds is 12. The van der Waals surface area contributed by atoms with Gasteiger partial charge in [0, 0.05) is 85.7 Å². The molecule has 83 heavy (non-hydrogen) atoms. The van der Waals surface area contributed by atoms with E-state index in [2.05, 4.69) is 41.4 Å². The Kier molecular flexibility index (Phi) is 14.1. The second kappa shape index (κ2) is 21.0. The van der Waals surface area contributed by atoms with E-state index in [1.54, 1.807) is 24.5 Å². The summed E-state index contributed by atoms with van der Waals surface area (Å²) < 4.78 is 28.7. The van der Waals surface area contributed by atoms with E-state index in [0.717, 1.165) is 130 Å². The maximum absolute atomic E-state index is 15.5. The molecule has 0 radical (unpaired) electrons. The number of ether oxygens (including phenoxy) is 2. The summed E-state index contributed by atoms with van der Waals surface area (Å²) in [6.45, 7) is 14.4. The number of carbonyl (C=O) groups is 5. The molecule has 2 saturated carbocycles. The highest BCUT2D eigenvalue weighted by Gasteiger charge is 2.67. The number of carbonyl (C=O) groups excluding carboxylic acids is 5. The van der Waals surface area contributed by atoms with Crippen LogP contribution in [0.3, 0.4) is 0 Å². The molecule has 16 heteroatoms. The third kappa shape index (κ3) is 9.07. The largest absolute Gasteiger partial charge is 0.458 e. The molecular formula is C67H79FN6O9. The number of cyclic esters (lactones) is 1. The van der Waals surface area contributed by atoms with Crippen LogP contribution in [0.25, 0.3) is 22.3 Å². The molecule has 9 aliphatic rings. The van der Waals surface area contributed by atoms with Gasteiger partial charge in [-0.05, 0) is 198 Å². The summed E-state index contributed by atoms with van der Waals surface area (Å²) in [4.78, 5) is 91.6. The number of allylic oxidation sites excluding steroid dienone is 4. The third-order valence-corrected chi connectivity index (χ3v) is 22.1. The van der Waals surface area contributed by atoms with Crippen LogP contribution in [0.4, 0.5) is 10.1 Å². The molecule has 4 aliphatic heterocycles. The number of likely N-dealkylation sites (tertiary alicyclic amines) is 2. The van der Waals surface area contributed by atoms with E-state index < -0.39 is 28.6 Å². The van der Waals surface area contributed by atoms with Gasteiger partial charge in [-0.3, -0.25) is 24.0 Å². The number of nitrogens with zero attached hydrogens (tertiary/aromatic N) is 5. The number of likely N-dealkylation sites (N-methyl/N-ethyl adjacent to an activating group) is 1. The number of ketones is 2. The SMILES string of the molecule is CC[C@@]1(O)C(=O)OCc2c1cc1n(c2=O)Cc2c-1nc1cc(F)c(C)c3c1c2[C@@H](NCC1CCN(CC2CCN(C(=O)CN(C)c4ccc([C@H]5C[C@@]6(C)[C@@H](CC[C@]6(OC(C)=O)C(C)=O)[C@@H]6CCC7=CC(=O)CCC7=C65)cc4)CC2)CC1)CC3. The number of Topliss-reactive ketones (excluding diaryl/α,β-unsaturated/α-hetero) is 1. The van der Waals surface area contributed by atoms with Crippen LogP contribution in [-0.2, 0) is 58.6 Å². The highest BCUT2D eigenvalue weighted by atomic mass is 19.1. The minimum Gasteiger partial charge on any atom is -0.458 e. The molecule has 1 amide bonds. The molecule has 0 bridgehead atoms. The lowest BCUT2D eigenvalue weighted by Crippen LogP contribution is -2.57. The fraction of sp³-hybridized carbons (Fsp3) is 0.567. The number of nitrogens with one attached hydrogen (secondary N) is 1. The van der Waals surface area contributed by atoms with Gasteiger partial charge in [-0.2, -0.15) is 0 Å². The lowest BCUT2D eigenvalue weighted by atomic mass is 9.50. The first-order chi connectivity index (χ1) is 39.8. The van der Waals surface area contributed by atoms with Crippen LogP contribution in [0, 0.1) is 41.8 Å². The molecule has 5 aliphatic carbocycles. The Morgan fingerprint density at radius 2 is 1.66 bits per heavy atom. The van der Waals surface area contributed by atoms with Crippen molar-refractivity contribution in [2.75, 3.05) is 57.8 Å². The summed E-state index contributed by atoms with van der Waals surface area (Å²) in [5, 5.41) is 16.4. The maximum Gasteiger partial charge on any atom is 0.343 e. The number of benzene rings is 2. The van der Waals surface area contributed by atoms with E-state index in [4.69, 9.17) is 14.5 Å². The molecule has 4 fully saturated rings. The van der Waals surface area contributed by atoms with Crippen molar-refractivity contribution >= 4 is 46.0 Å². The van der Waals surface area contributed by atoms with Gasteiger partial charge in [0.1, 0.15) is 12.4 Å². The van der Waals surface area contributed by atoms with Crippen molar-refractivity contribution in [3.8, 4) is 11.4 Å². The summed E-state index contributed by atoms with van der Waals surface area (Å²) >= 11 is 0. The van der Waals surface area contributed by atoms with Gasteiger partial charge < -0.3 is 39.2 Å². The van der Waals surface area contributed by atoms with Gasteiger partial charge in [-0.1, -0.05) is 31.6 Å². The summed E-state index contributed by atoms with van der Waals surface area (Å²) in [6.07, 6.45) is 12.5. The number of pyridine rings is 2. The third-order valence-electron chi connectivity index (χ3n) is 22.1. The van der Waals surface area contributed by atoms with E-state index in [0.29, 0.717) is 66.5 Å². The number of aliphatic hydroxyl groups is 1. The zero-order valence-electron chi connectivity index (χ0n) is 49.1. The summed E-state index contributed by atoms with van der Waals surface area (Å²) in [6, 6.07) is 11.8. The molecule has 438 valence electrons. The lowest BCUT2D eigenvalue weighted by molar-refractivity contribution is -0.182. The smallest absolute Gasteiger partial charge is 0.343 e. The summed E-state index contributed by atoms with van der Waals surface area (Å²) in [5.74, 6) is 0.157. The van der Waals surface area contributed by atoms with Crippen molar-refractivity contribution in [3.63, 3.8) is 0 Å². The van der Waals surface area contributed by atoms with Crippen LogP contribution < -0.4 is 15.8 Å². The number of aryl methyl sites for hydroxylation is 1. The Morgan fingerprint density at radius 1 is 0.916 bits per heavy atom. The number of aromatic nitrogens is 2. The topological polar surface area (TPSA) is 181 Å². The molecule has 4 aromatic rings. The van der Waals surface area contributed by atoms with Crippen molar-refractivity contribution in [1.82, 2.24) is 24.7 Å². The Bertz CT molecular complexity index is 3540. The number of fused-ring (bicyclic) bond motifs is 9. The first kappa shape index (κ1) is 55.8. The maximum atomic E-state index is 15.5. The molecule has 15 nitrogen and oxygen atoms in total. The minimum absolute atomic E-state index is 0.00518. The Morgan fingerprint density at radius 3 is 2.39 bits per heavy atom. The minimum atomic E-state index is -1.94. The second-order valence-corrected chi connectivity index (χ2v) is 26.3. The van der Waals surface area contributed by atoms with Crippen molar-refractivity contribution in [1.29, 1.82) is 0 Å². The summed E-state index contributed by atoms with van der Waals surface area (Å²) in [5.41, 5.74) is 7.83. The predicted octanol–water partition coefficient (Wildman–Crippen LogP) is 8.98. The quantitative estimate of drug-likeness (QED) is 0.113. The number of amides is 1. The van der Waals surface area contributed by atoms with E-state index in [1.807, 2.05) is 29.8 Å². The Labute approximate surface area is 485 Å². The van der Waals surface area contributed by atoms with Gasteiger partial charge in [0.2, 0.25) is 5.91 Å². The average Bonchev–Trinajstić information content (AvgIpc) is 2.09. The molecule has 0 unspecified atom stereocenters. The molecule has 2 N–H and O–H groups in total. The molecule has 0 spiro atoms. The summed E-state index contributed by atoms with van der Waals surface area (Å²) in [7, 11) is 1.98. The lowest BCUT2D eigenvalue weighted by Gasteiger charge is -2.55. The van der Waals surface area contributed by atoms with Crippen molar-refractivity contribution in [2.24, 2.45) is 29.1 Å². The number of hydrogen-bond acceptors (Lipinski definition) is 13. The van der Waals surface area contributed by atoms with E-state index in [9.17, 15) is 33.9 Å².